The molecule has 0 fully saturated rings. The first-order valence-corrected chi connectivity index (χ1v) is 0. The van der Waals surface area contributed by atoms with Crippen molar-refractivity contribution in [2.75, 3.05) is 0 Å². The zero-order valence-corrected chi connectivity index (χ0v) is 7.76. The predicted molar refractivity (Wildman–Crippen MR) is 15.2 cm³/mol. The molecule has 0 atom stereocenters. The maximum absolute atomic E-state index is 0. The molecule has 0 aromatic heterocycles. The van der Waals surface area contributed by atoms with Crippen molar-refractivity contribution in [3.05, 3.63) is 0 Å². The minimum absolute atomic E-state index is 0. The average Bonchev–Trinajstić information content (AvgIpc) is 0. The van der Waals surface area contributed by atoms with E-state index in [0.29, 0.717) is 0 Å². The van der Waals surface area contributed by atoms with E-state index in [0.717, 1.165) is 0 Å². The smallest absolute Gasteiger partial charge is 0.870 e. The molecule has 0 saturated carbocycles. The molecule has 6 heavy (non-hydrogen) atoms. The van der Waals surface area contributed by atoms with Gasteiger partial charge in [0.1, 0.15) is 0 Å². The van der Waals surface area contributed by atoms with Crippen LogP contribution in [0.15, 0.2) is 0 Å². The van der Waals surface area contributed by atoms with Crippen molar-refractivity contribution in [1.29, 1.82) is 0 Å². The van der Waals surface area contributed by atoms with Gasteiger partial charge in [0.2, 0.25) is 0 Å². The van der Waals surface area contributed by atoms with E-state index in [1.807, 2.05) is 0 Å². The summed E-state index contributed by atoms with van der Waals surface area (Å²) in [6.45, 7) is 0. The number of hydrogen-bond acceptors (Lipinski definition) is 3. The van der Waals surface area contributed by atoms with Crippen molar-refractivity contribution in [2.24, 2.45) is 0 Å². The van der Waals surface area contributed by atoms with Crippen LogP contribution in [0.4, 0.5) is 0 Å². The van der Waals surface area contributed by atoms with Crippen LogP contribution < -0.4 is 29.6 Å². The van der Waals surface area contributed by atoms with E-state index in [2.05, 4.69) is 0 Å². The molecule has 0 amide bonds. The van der Waals surface area contributed by atoms with Gasteiger partial charge in [-0.15, -0.1) is 0 Å². The summed E-state index contributed by atoms with van der Waals surface area (Å²) in [5.74, 6) is 0. The summed E-state index contributed by atoms with van der Waals surface area (Å²) in [6.07, 6.45) is 0. The van der Waals surface area contributed by atoms with E-state index in [9.17, 15) is 0 Å². The van der Waals surface area contributed by atoms with Crippen LogP contribution in [0.3, 0.4) is 0 Å². The Morgan fingerprint density at radius 3 is 0.667 bits per heavy atom. The molecule has 0 radical (unpaired) electrons. The normalized spacial score (nSPS) is 0. The quantitative estimate of drug-likeness (QED) is 0.307. The zero-order valence-electron chi connectivity index (χ0n) is 3.55. The fourth-order valence-corrected chi connectivity index (χ4v) is 0. The van der Waals surface area contributed by atoms with Crippen LogP contribution in [-0.2, 0) is 0 Å². The number of rotatable bonds is 0. The Morgan fingerprint density at radius 2 is 0.667 bits per heavy atom. The van der Waals surface area contributed by atoms with E-state index >= 15 is 0 Å². The summed E-state index contributed by atoms with van der Waals surface area (Å²) in [5.41, 5.74) is 0. The second-order valence-corrected chi connectivity index (χ2v) is 0. The average molecular weight is 132 g/mol. The van der Waals surface area contributed by atoms with Gasteiger partial charge >= 0.3 is 67.3 Å². The summed E-state index contributed by atoms with van der Waals surface area (Å²) in [6, 6.07) is 0. The van der Waals surface area contributed by atoms with E-state index in [1.165, 1.54) is 0 Å². The van der Waals surface area contributed by atoms with Gasteiger partial charge in [0, 0.05) is 0 Å². The molecule has 0 aromatic rings. The molecule has 0 rings (SSSR count). The van der Waals surface area contributed by atoms with Crippen molar-refractivity contribution in [1.82, 2.24) is 0 Å². The van der Waals surface area contributed by atoms with Crippen LogP contribution in [-0.4, -0.2) is 59.6 Å². The maximum atomic E-state index is 0. The molecule has 5 N–H and O–H groups in total. The van der Waals surface area contributed by atoms with Gasteiger partial charge in [-0.2, -0.15) is 0 Å². The molecule has 6 heteroatoms. The molecule has 0 heterocycles. The summed E-state index contributed by atoms with van der Waals surface area (Å²) < 4.78 is 0. The van der Waals surface area contributed by atoms with Crippen molar-refractivity contribution in [3.63, 3.8) is 0 Å². The molecule has 4 nitrogen and oxygen atoms in total. The van der Waals surface area contributed by atoms with Crippen LogP contribution in [0.5, 0.6) is 0 Å². The first kappa shape index (κ1) is 92.6. The zero-order chi connectivity index (χ0) is 0. The molecule has 0 spiro atoms. The Morgan fingerprint density at radius 1 is 0.667 bits per heavy atom. The van der Waals surface area contributed by atoms with Gasteiger partial charge < -0.3 is 21.9 Å². The van der Waals surface area contributed by atoms with Crippen LogP contribution in [0, 0.1) is 0 Å². The molecular formula is H5CaNaO4. The molecule has 0 aliphatic heterocycles. The first-order chi connectivity index (χ1) is 0. The van der Waals surface area contributed by atoms with Crippen LogP contribution in [0.1, 0.15) is 0 Å². The monoisotopic (exact) mass is 132 g/mol. The van der Waals surface area contributed by atoms with Crippen LogP contribution in [0.25, 0.3) is 0 Å². The van der Waals surface area contributed by atoms with Crippen LogP contribution in [0.2, 0.25) is 0 Å². The molecule has 0 aliphatic rings. The van der Waals surface area contributed by atoms with E-state index in [1.54, 1.807) is 0 Å². The number of hydrogen-bond donors (Lipinski definition) is 0. The third-order valence-corrected chi connectivity index (χ3v) is 0. The summed E-state index contributed by atoms with van der Waals surface area (Å²) in [4.78, 5) is 0. The van der Waals surface area contributed by atoms with Gasteiger partial charge in [-0.05, 0) is 0 Å². The third kappa shape index (κ3) is 36.0. The molecule has 0 bridgehead atoms. The van der Waals surface area contributed by atoms with E-state index < -0.39 is 0 Å². The van der Waals surface area contributed by atoms with E-state index in [4.69, 9.17) is 0 Å². The second kappa shape index (κ2) is 59.9. The molecule has 0 unspecified atom stereocenters. The minimum Gasteiger partial charge on any atom is -0.870 e. The maximum Gasteiger partial charge on any atom is 2.00 e. The van der Waals surface area contributed by atoms with Gasteiger partial charge in [0.05, 0.1) is 0 Å². The summed E-state index contributed by atoms with van der Waals surface area (Å²) in [7, 11) is 0. The molecule has 32 valence electrons. The largest absolute Gasteiger partial charge is 2.00 e. The van der Waals surface area contributed by atoms with Crippen molar-refractivity contribution in [3.8, 4) is 0 Å². The van der Waals surface area contributed by atoms with Gasteiger partial charge in [-0.25, -0.2) is 0 Å². The van der Waals surface area contributed by atoms with Gasteiger partial charge in [-0.1, -0.05) is 0 Å². The first-order valence-electron chi connectivity index (χ1n) is 0. The minimum atomic E-state index is 0. The molecule has 0 aliphatic carbocycles. The van der Waals surface area contributed by atoms with Gasteiger partial charge in [-0.3, -0.25) is 0 Å². The second-order valence-electron chi connectivity index (χ2n) is 0. The Kier molecular flexibility index (Phi) is 925. The standard InChI is InChI=1S/Ca.Na.4H2O/h;;4*1H2/q+2;+1;;;;/p-3. The van der Waals surface area contributed by atoms with Crippen molar-refractivity contribution in [2.45, 2.75) is 0 Å². The molecule has 0 aromatic carbocycles. The third-order valence-electron chi connectivity index (χ3n) is 0. The Hall–Kier alpha value is 2.10. The van der Waals surface area contributed by atoms with Gasteiger partial charge in [0.25, 0.3) is 0 Å². The Balaban J connectivity index is 0. The van der Waals surface area contributed by atoms with E-state index in [-0.39, 0.29) is 89.2 Å². The SMILES string of the molecule is O.[Ca+2].[Na+].[OH-].[OH-].[OH-]. The topological polar surface area (TPSA) is 122 Å². The van der Waals surface area contributed by atoms with Crippen LogP contribution >= 0.6 is 0 Å². The van der Waals surface area contributed by atoms with Gasteiger partial charge in [0.15, 0.2) is 0 Å². The predicted octanol–water partition coefficient (Wildman–Crippen LogP) is -4.73. The summed E-state index contributed by atoms with van der Waals surface area (Å²) in [5, 5.41) is 0. The Labute approximate surface area is 87.8 Å². The fraction of sp³-hybridized carbons (Fsp3) is 0. The fourth-order valence-electron chi connectivity index (χ4n) is 0. The summed E-state index contributed by atoms with van der Waals surface area (Å²) >= 11 is 0. The van der Waals surface area contributed by atoms with Crippen molar-refractivity contribution >= 4 is 37.7 Å². The Bertz CT molecular complexity index is 7.51. The van der Waals surface area contributed by atoms with Crippen molar-refractivity contribution < 1.29 is 51.5 Å². The molecular weight excluding hydrogens is 127 g/mol. The molecule has 0 saturated heterocycles.